The lowest BCUT2D eigenvalue weighted by Gasteiger charge is -2.34. The van der Waals surface area contributed by atoms with Crippen molar-refractivity contribution in [2.24, 2.45) is 7.05 Å². The molecule has 2 unspecified atom stereocenters. The summed E-state index contributed by atoms with van der Waals surface area (Å²) in [5, 5.41) is 4.20. The molecule has 1 aromatic rings. The molecule has 0 bridgehead atoms. The minimum Gasteiger partial charge on any atom is -0.336 e. The van der Waals surface area contributed by atoms with Crippen molar-refractivity contribution in [1.82, 2.24) is 14.7 Å². The number of carbonyl (C=O) groups excluding carboxylic acids is 1. The first kappa shape index (κ1) is 12.4. The van der Waals surface area contributed by atoms with Crippen molar-refractivity contribution in [3.05, 3.63) is 18.0 Å². The predicted molar refractivity (Wildman–Crippen MR) is 67.2 cm³/mol. The minimum absolute atomic E-state index is 0.0388. The Morgan fingerprint density at radius 3 is 2.82 bits per heavy atom. The third-order valence-corrected chi connectivity index (χ3v) is 3.91. The molecule has 0 aliphatic heterocycles. The van der Waals surface area contributed by atoms with Gasteiger partial charge in [0.05, 0.1) is 5.38 Å². The van der Waals surface area contributed by atoms with E-state index < -0.39 is 0 Å². The van der Waals surface area contributed by atoms with E-state index in [1.807, 2.05) is 14.1 Å². The molecule has 0 saturated heterocycles. The molecule has 2 rings (SSSR count). The molecule has 17 heavy (non-hydrogen) atoms. The Bertz CT molecular complexity index is 404. The van der Waals surface area contributed by atoms with Crippen molar-refractivity contribution in [2.75, 3.05) is 7.05 Å². The molecule has 1 aromatic heterocycles. The fourth-order valence-electron chi connectivity index (χ4n) is 2.36. The van der Waals surface area contributed by atoms with Crippen molar-refractivity contribution < 1.29 is 4.79 Å². The monoisotopic (exact) mass is 255 g/mol. The highest BCUT2D eigenvalue weighted by molar-refractivity contribution is 6.21. The molecular weight excluding hydrogens is 238 g/mol. The van der Waals surface area contributed by atoms with E-state index in [0.29, 0.717) is 5.69 Å². The number of rotatable bonds is 2. The zero-order valence-corrected chi connectivity index (χ0v) is 11.0. The molecule has 1 fully saturated rings. The van der Waals surface area contributed by atoms with Gasteiger partial charge in [-0.25, -0.2) is 0 Å². The van der Waals surface area contributed by atoms with Crippen molar-refractivity contribution in [1.29, 1.82) is 0 Å². The van der Waals surface area contributed by atoms with Crippen LogP contribution >= 0.6 is 11.6 Å². The molecule has 5 heteroatoms. The van der Waals surface area contributed by atoms with Crippen molar-refractivity contribution >= 4 is 17.5 Å². The van der Waals surface area contributed by atoms with Crippen LogP contribution in [0.25, 0.3) is 0 Å². The number of aromatic nitrogens is 2. The molecule has 1 heterocycles. The second-order valence-corrected chi connectivity index (χ2v) is 5.22. The van der Waals surface area contributed by atoms with E-state index in [1.165, 1.54) is 0 Å². The summed E-state index contributed by atoms with van der Waals surface area (Å²) in [6.07, 6.45) is 6.07. The lowest BCUT2D eigenvalue weighted by molar-refractivity contribution is 0.0693. The average Bonchev–Trinajstić information content (AvgIpc) is 2.75. The van der Waals surface area contributed by atoms with Crippen LogP contribution in [-0.2, 0) is 7.05 Å². The molecule has 2 atom stereocenters. The third-order valence-electron chi connectivity index (χ3n) is 3.40. The SMILES string of the molecule is CN(C(=O)c1ccn(C)n1)C1CCCCC1Cl. The number of nitrogens with zero attached hydrogens (tertiary/aromatic N) is 3. The molecule has 0 N–H and O–H groups in total. The van der Waals surface area contributed by atoms with Crippen LogP contribution in [0, 0.1) is 0 Å². The summed E-state index contributed by atoms with van der Waals surface area (Å²) >= 11 is 6.29. The third kappa shape index (κ3) is 2.63. The number of carbonyl (C=O) groups is 1. The van der Waals surface area contributed by atoms with Gasteiger partial charge < -0.3 is 4.90 Å². The molecular formula is C12H18ClN3O. The van der Waals surface area contributed by atoms with Gasteiger partial charge in [-0.2, -0.15) is 5.10 Å². The maximum absolute atomic E-state index is 12.2. The Morgan fingerprint density at radius 1 is 1.53 bits per heavy atom. The lowest BCUT2D eigenvalue weighted by Crippen LogP contribution is -2.44. The lowest BCUT2D eigenvalue weighted by atomic mass is 9.94. The van der Waals surface area contributed by atoms with E-state index >= 15 is 0 Å². The van der Waals surface area contributed by atoms with Crippen molar-refractivity contribution in [3.8, 4) is 0 Å². The number of halogens is 1. The van der Waals surface area contributed by atoms with Crippen LogP contribution in [0.3, 0.4) is 0 Å². The second-order valence-electron chi connectivity index (χ2n) is 4.66. The van der Waals surface area contributed by atoms with Crippen LogP contribution in [0.5, 0.6) is 0 Å². The van der Waals surface area contributed by atoms with Gasteiger partial charge in [0, 0.05) is 26.3 Å². The van der Waals surface area contributed by atoms with Crippen LogP contribution < -0.4 is 0 Å². The molecule has 94 valence electrons. The Labute approximate surface area is 107 Å². The fourth-order valence-corrected chi connectivity index (χ4v) is 2.81. The van der Waals surface area contributed by atoms with Gasteiger partial charge in [0.15, 0.2) is 0 Å². The molecule has 0 spiro atoms. The number of hydrogen-bond acceptors (Lipinski definition) is 2. The fraction of sp³-hybridized carbons (Fsp3) is 0.667. The summed E-state index contributed by atoms with van der Waals surface area (Å²) in [4.78, 5) is 13.9. The van der Waals surface area contributed by atoms with E-state index in [1.54, 1.807) is 21.8 Å². The van der Waals surface area contributed by atoms with E-state index in [0.717, 1.165) is 25.7 Å². The number of aryl methyl sites for hydroxylation is 1. The summed E-state index contributed by atoms with van der Waals surface area (Å²) in [5.41, 5.74) is 0.490. The predicted octanol–water partition coefficient (Wildman–Crippen LogP) is 2.04. The first-order valence-electron chi connectivity index (χ1n) is 6.00. The van der Waals surface area contributed by atoms with Gasteiger partial charge in [-0.1, -0.05) is 12.8 Å². The van der Waals surface area contributed by atoms with Crippen molar-refractivity contribution in [2.45, 2.75) is 37.1 Å². The highest BCUT2D eigenvalue weighted by Gasteiger charge is 2.30. The highest BCUT2D eigenvalue weighted by atomic mass is 35.5. The van der Waals surface area contributed by atoms with E-state index in [4.69, 9.17) is 11.6 Å². The van der Waals surface area contributed by atoms with Gasteiger partial charge in [0.1, 0.15) is 5.69 Å². The molecule has 1 aliphatic carbocycles. The van der Waals surface area contributed by atoms with Gasteiger partial charge in [0.25, 0.3) is 5.91 Å². The van der Waals surface area contributed by atoms with Gasteiger partial charge in [-0.3, -0.25) is 9.48 Å². The average molecular weight is 256 g/mol. The summed E-state index contributed by atoms with van der Waals surface area (Å²) in [6.45, 7) is 0. The summed E-state index contributed by atoms with van der Waals surface area (Å²) in [5.74, 6) is -0.0388. The Balaban J connectivity index is 2.08. The Hall–Kier alpha value is -1.03. The first-order valence-corrected chi connectivity index (χ1v) is 6.44. The van der Waals surface area contributed by atoms with E-state index in [-0.39, 0.29) is 17.3 Å². The first-order chi connectivity index (χ1) is 8.09. The number of hydrogen-bond donors (Lipinski definition) is 0. The summed E-state index contributed by atoms with van der Waals surface area (Å²) in [7, 11) is 3.63. The molecule has 1 amide bonds. The normalized spacial score (nSPS) is 24.6. The zero-order chi connectivity index (χ0) is 12.4. The molecule has 0 radical (unpaired) electrons. The smallest absolute Gasteiger partial charge is 0.274 e. The largest absolute Gasteiger partial charge is 0.336 e. The second kappa shape index (κ2) is 5.08. The standard InChI is InChI=1S/C12H18ClN3O/c1-15-8-7-10(14-15)12(17)16(2)11-6-4-3-5-9(11)13/h7-9,11H,3-6H2,1-2H3. The quantitative estimate of drug-likeness (QED) is 0.759. The van der Waals surface area contributed by atoms with Crippen LogP contribution in [0.1, 0.15) is 36.2 Å². The van der Waals surface area contributed by atoms with E-state index in [9.17, 15) is 4.79 Å². The van der Waals surface area contributed by atoms with Crippen LogP contribution in [0.15, 0.2) is 12.3 Å². The number of alkyl halides is 1. The van der Waals surface area contributed by atoms with Crippen LogP contribution in [0.4, 0.5) is 0 Å². The Kier molecular flexibility index (Phi) is 3.72. The Morgan fingerprint density at radius 2 is 2.24 bits per heavy atom. The molecule has 0 aromatic carbocycles. The summed E-state index contributed by atoms with van der Waals surface area (Å²) in [6, 6.07) is 1.88. The van der Waals surface area contributed by atoms with Gasteiger partial charge >= 0.3 is 0 Å². The van der Waals surface area contributed by atoms with Gasteiger partial charge in [0.2, 0.25) is 0 Å². The highest BCUT2D eigenvalue weighted by Crippen LogP contribution is 2.27. The van der Waals surface area contributed by atoms with Crippen molar-refractivity contribution in [3.63, 3.8) is 0 Å². The van der Waals surface area contributed by atoms with E-state index in [2.05, 4.69) is 5.10 Å². The molecule has 1 aliphatic rings. The minimum atomic E-state index is -0.0388. The van der Waals surface area contributed by atoms with Crippen LogP contribution in [0.2, 0.25) is 0 Å². The zero-order valence-electron chi connectivity index (χ0n) is 10.3. The summed E-state index contributed by atoms with van der Waals surface area (Å²) < 4.78 is 1.64. The van der Waals surface area contributed by atoms with Gasteiger partial charge in [-0.05, 0) is 18.9 Å². The molecule has 4 nitrogen and oxygen atoms in total. The maximum atomic E-state index is 12.2. The van der Waals surface area contributed by atoms with Gasteiger partial charge in [-0.15, -0.1) is 11.6 Å². The number of amides is 1. The maximum Gasteiger partial charge on any atom is 0.274 e. The topological polar surface area (TPSA) is 38.1 Å². The molecule has 1 saturated carbocycles. The van der Waals surface area contributed by atoms with Crippen LogP contribution in [-0.4, -0.2) is 39.1 Å².